The number of nitrogens with one attached hydrogen (secondary N) is 1. The Hall–Kier alpha value is -2.80. The number of benzene rings is 2. The van der Waals surface area contributed by atoms with Crippen molar-refractivity contribution in [3.63, 3.8) is 0 Å². The van der Waals surface area contributed by atoms with E-state index in [1.165, 1.54) is 6.07 Å². The Morgan fingerprint density at radius 1 is 1.23 bits per heavy atom. The molecule has 1 heterocycles. The predicted molar refractivity (Wildman–Crippen MR) is 90.8 cm³/mol. The van der Waals surface area contributed by atoms with Crippen molar-refractivity contribution in [2.45, 2.75) is 13.0 Å². The highest BCUT2D eigenvalue weighted by atomic mass is 35.5. The molecule has 0 saturated carbocycles. The van der Waals surface area contributed by atoms with E-state index in [0.29, 0.717) is 11.5 Å². The highest BCUT2D eigenvalue weighted by molar-refractivity contribution is 6.30. The lowest BCUT2D eigenvalue weighted by molar-refractivity contribution is -0.124. The molecule has 26 heavy (non-hydrogen) atoms. The van der Waals surface area contributed by atoms with E-state index in [9.17, 15) is 14.0 Å². The summed E-state index contributed by atoms with van der Waals surface area (Å²) in [6, 6.07) is 8.48. The zero-order valence-corrected chi connectivity index (χ0v) is 14.5. The summed E-state index contributed by atoms with van der Waals surface area (Å²) in [5.41, 5.74) is 0.476. The van der Waals surface area contributed by atoms with Gasteiger partial charge in [-0.3, -0.25) is 4.79 Å². The van der Waals surface area contributed by atoms with Crippen LogP contribution in [0.15, 0.2) is 36.4 Å². The zero-order valence-electron chi connectivity index (χ0n) is 13.8. The first-order valence-electron chi connectivity index (χ1n) is 7.75. The van der Waals surface area contributed by atoms with Crippen LogP contribution in [0.25, 0.3) is 0 Å². The van der Waals surface area contributed by atoms with Gasteiger partial charge in [0.25, 0.3) is 5.91 Å². The Labute approximate surface area is 153 Å². The normalized spacial score (nSPS) is 13.2. The molecular weight excluding hydrogens is 365 g/mol. The molecule has 1 N–H and O–H groups in total. The fourth-order valence-corrected chi connectivity index (χ4v) is 2.58. The van der Waals surface area contributed by atoms with Crippen molar-refractivity contribution in [1.29, 1.82) is 0 Å². The number of fused-ring (bicyclic) bond motifs is 1. The van der Waals surface area contributed by atoms with E-state index in [1.807, 2.05) is 0 Å². The lowest BCUT2D eigenvalue weighted by Gasteiger charge is -2.15. The van der Waals surface area contributed by atoms with Crippen molar-refractivity contribution >= 4 is 23.5 Å². The minimum Gasteiger partial charge on any atom is -0.454 e. The Balaban J connectivity index is 1.55. The third-order valence-electron chi connectivity index (χ3n) is 3.76. The Morgan fingerprint density at radius 3 is 2.81 bits per heavy atom. The van der Waals surface area contributed by atoms with Gasteiger partial charge >= 0.3 is 5.97 Å². The second-order valence-corrected chi connectivity index (χ2v) is 6.04. The number of carbonyl (C=O) groups is 2. The van der Waals surface area contributed by atoms with E-state index in [0.717, 1.165) is 17.7 Å². The van der Waals surface area contributed by atoms with E-state index in [1.54, 1.807) is 25.1 Å². The first kappa shape index (κ1) is 18.0. The molecular formula is C18H15ClFNO5. The molecule has 2 aromatic rings. The maximum Gasteiger partial charge on any atom is 0.341 e. The van der Waals surface area contributed by atoms with Crippen LogP contribution < -0.4 is 14.8 Å². The van der Waals surface area contributed by atoms with Crippen LogP contribution >= 0.6 is 11.6 Å². The topological polar surface area (TPSA) is 73.9 Å². The highest BCUT2D eigenvalue weighted by Gasteiger charge is 2.19. The number of amides is 1. The number of halogens is 2. The number of ether oxygens (including phenoxy) is 3. The molecule has 3 rings (SSSR count). The quantitative estimate of drug-likeness (QED) is 0.807. The fraction of sp³-hybridized carbons (Fsp3) is 0.222. The molecule has 0 unspecified atom stereocenters. The van der Waals surface area contributed by atoms with Gasteiger partial charge in [-0.15, -0.1) is 0 Å². The third-order valence-corrected chi connectivity index (χ3v) is 3.99. The maximum atomic E-state index is 13.6. The Kier molecular flexibility index (Phi) is 5.27. The summed E-state index contributed by atoms with van der Waals surface area (Å²) in [4.78, 5) is 23.9. The first-order valence-corrected chi connectivity index (χ1v) is 8.13. The summed E-state index contributed by atoms with van der Waals surface area (Å²) in [6.07, 6.45) is 0. The minimum atomic E-state index is -0.962. The minimum absolute atomic E-state index is 0.162. The van der Waals surface area contributed by atoms with Gasteiger partial charge in [0.15, 0.2) is 18.1 Å². The van der Waals surface area contributed by atoms with Crippen molar-refractivity contribution < 1.29 is 28.2 Å². The molecule has 1 aliphatic heterocycles. The molecule has 8 heteroatoms. The van der Waals surface area contributed by atoms with Crippen LogP contribution in [0.1, 0.15) is 28.9 Å². The van der Waals surface area contributed by atoms with Gasteiger partial charge in [0.2, 0.25) is 6.79 Å². The van der Waals surface area contributed by atoms with Crippen LogP contribution in [-0.2, 0) is 9.53 Å². The largest absolute Gasteiger partial charge is 0.454 e. The second kappa shape index (κ2) is 7.61. The van der Waals surface area contributed by atoms with Crippen LogP contribution in [0.5, 0.6) is 11.5 Å². The number of rotatable bonds is 5. The molecule has 6 nitrogen and oxygen atoms in total. The number of hydrogen-bond donors (Lipinski definition) is 1. The van der Waals surface area contributed by atoms with Crippen LogP contribution in [0.4, 0.5) is 4.39 Å². The lowest BCUT2D eigenvalue weighted by atomic mass is 10.1. The maximum absolute atomic E-state index is 13.6. The molecule has 0 aliphatic carbocycles. The molecule has 0 bridgehead atoms. The summed E-state index contributed by atoms with van der Waals surface area (Å²) in [5, 5.41) is 2.88. The van der Waals surface area contributed by atoms with Gasteiger partial charge < -0.3 is 19.5 Å². The van der Waals surface area contributed by atoms with E-state index < -0.39 is 24.3 Å². The average molecular weight is 380 g/mol. The average Bonchev–Trinajstić information content (AvgIpc) is 3.09. The van der Waals surface area contributed by atoms with Crippen molar-refractivity contribution in [3.05, 3.63) is 58.4 Å². The monoisotopic (exact) mass is 379 g/mol. The van der Waals surface area contributed by atoms with Gasteiger partial charge in [-0.2, -0.15) is 0 Å². The number of hydrogen-bond acceptors (Lipinski definition) is 5. The molecule has 1 aliphatic rings. The van der Waals surface area contributed by atoms with Crippen LogP contribution in [-0.4, -0.2) is 25.3 Å². The summed E-state index contributed by atoms with van der Waals surface area (Å²) < 4.78 is 29.0. The summed E-state index contributed by atoms with van der Waals surface area (Å²) in [6.45, 7) is 1.39. The van der Waals surface area contributed by atoms with E-state index in [4.69, 9.17) is 25.8 Å². The Morgan fingerprint density at radius 2 is 2.00 bits per heavy atom. The summed E-state index contributed by atoms with van der Waals surface area (Å²) in [5.74, 6) is -1.01. The standard InChI is InChI=1S/C18H15ClFNO5/c1-10(11-2-5-15-16(6-11)26-9-25-15)21-17(22)8-24-18(23)13-7-12(19)3-4-14(13)20/h2-7,10H,8-9H2,1H3,(H,21,22)/t10-/m0/s1. The van der Waals surface area contributed by atoms with Crippen LogP contribution in [0.3, 0.4) is 0 Å². The molecule has 136 valence electrons. The summed E-state index contributed by atoms with van der Waals surface area (Å²) >= 11 is 5.73. The molecule has 0 aromatic heterocycles. The van der Waals surface area contributed by atoms with Crippen molar-refractivity contribution in [1.82, 2.24) is 5.32 Å². The highest BCUT2D eigenvalue weighted by Crippen LogP contribution is 2.34. The molecule has 0 saturated heterocycles. The van der Waals surface area contributed by atoms with Gasteiger partial charge in [-0.25, -0.2) is 9.18 Å². The molecule has 1 amide bonds. The van der Waals surface area contributed by atoms with Gasteiger partial charge in [-0.1, -0.05) is 17.7 Å². The van der Waals surface area contributed by atoms with Gasteiger partial charge in [0.05, 0.1) is 11.6 Å². The summed E-state index contributed by atoms with van der Waals surface area (Å²) in [7, 11) is 0. The fourth-order valence-electron chi connectivity index (χ4n) is 2.41. The molecule has 2 aromatic carbocycles. The zero-order chi connectivity index (χ0) is 18.7. The lowest BCUT2D eigenvalue weighted by Crippen LogP contribution is -2.31. The SMILES string of the molecule is C[C@H](NC(=O)COC(=O)c1cc(Cl)ccc1F)c1ccc2c(c1)OCO2. The molecule has 0 fully saturated rings. The first-order chi connectivity index (χ1) is 12.4. The Bertz CT molecular complexity index is 857. The third kappa shape index (κ3) is 4.05. The van der Waals surface area contributed by atoms with Gasteiger partial charge in [0, 0.05) is 5.02 Å². The number of esters is 1. The van der Waals surface area contributed by atoms with E-state index in [-0.39, 0.29) is 23.4 Å². The molecule has 0 spiro atoms. The van der Waals surface area contributed by atoms with Crippen LogP contribution in [0.2, 0.25) is 5.02 Å². The van der Waals surface area contributed by atoms with Gasteiger partial charge in [-0.05, 0) is 42.8 Å². The predicted octanol–water partition coefficient (Wildman–Crippen LogP) is 3.24. The van der Waals surface area contributed by atoms with E-state index >= 15 is 0 Å². The smallest absolute Gasteiger partial charge is 0.341 e. The van der Waals surface area contributed by atoms with Crippen molar-refractivity contribution in [2.24, 2.45) is 0 Å². The molecule has 1 atom stereocenters. The number of carbonyl (C=O) groups excluding carboxylic acids is 2. The molecule has 0 radical (unpaired) electrons. The van der Waals surface area contributed by atoms with Crippen molar-refractivity contribution in [3.8, 4) is 11.5 Å². The van der Waals surface area contributed by atoms with Crippen molar-refractivity contribution in [2.75, 3.05) is 13.4 Å². The second-order valence-electron chi connectivity index (χ2n) is 5.60. The van der Waals surface area contributed by atoms with E-state index in [2.05, 4.69) is 5.32 Å². The van der Waals surface area contributed by atoms with Gasteiger partial charge in [0.1, 0.15) is 5.82 Å². The van der Waals surface area contributed by atoms with Crippen LogP contribution in [0, 0.1) is 5.82 Å².